The smallest absolute Gasteiger partial charge is 0.199 e. The lowest BCUT2D eigenvalue weighted by atomic mass is 9.90. The fourth-order valence-corrected chi connectivity index (χ4v) is 10.4. The molecule has 1 saturated heterocycles. The van der Waals surface area contributed by atoms with Crippen molar-refractivity contribution in [3.63, 3.8) is 0 Å². The summed E-state index contributed by atoms with van der Waals surface area (Å²) in [5, 5.41) is 0. The summed E-state index contributed by atoms with van der Waals surface area (Å²) in [5.74, 6) is 0.594. The number of hydrogen-bond acceptors (Lipinski definition) is 1. The van der Waals surface area contributed by atoms with E-state index in [9.17, 15) is 0 Å². The molecule has 0 spiro atoms. The van der Waals surface area contributed by atoms with Gasteiger partial charge in [-0.05, 0) is 57.3 Å². The molecule has 1 nitrogen and oxygen atoms in total. The van der Waals surface area contributed by atoms with Crippen molar-refractivity contribution < 1.29 is 4.43 Å². The Labute approximate surface area is 177 Å². The molecule has 0 amide bonds. The first-order chi connectivity index (χ1) is 13.9. The molecule has 0 saturated carbocycles. The SMILES string of the molecule is C=C1CC2C[Si](C(C)C)(C(C)C)OC(Cc3ccccc3)C2=C1c1ccccc1. The number of hydrogen-bond donors (Lipinski definition) is 0. The molecule has 0 radical (unpaired) electrons. The van der Waals surface area contributed by atoms with Crippen molar-refractivity contribution in [2.24, 2.45) is 5.92 Å². The summed E-state index contributed by atoms with van der Waals surface area (Å²) in [7, 11) is -1.88. The molecular weight excluding hydrogens is 368 g/mol. The second-order valence-electron chi connectivity index (χ2n) is 9.47. The molecule has 2 aromatic rings. The van der Waals surface area contributed by atoms with Crippen LogP contribution in [-0.2, 0) is 10.8 Å². The predicted octanol–water partition coefficient (Wildman–Crippen LogP) is 7.42. The number of rotatable bonds is 5. The maximum absolute atomic E-state index is 7.25. The molecule has 2 aliphatic rings. The monoisotopic (exact) mass is 402 g/mol. The highest BCUT2D eigenvalue weighted by Gasteiger charge is 2.52. The summed E-state index contributed by atoms with van der Waals surface area (Å²) < 4.78 is 7.25. The molecule has 2 atom stereocenters. The first-order valence-corrected chi connectivity index (χ1v) is 13.4. The van der Waals surface area contributed by atoms with Gasteiger partial charge in [0.15, 0.2) is 8.32 Å². The van der Waals surface area contributed by atoms with E-state index in [0.717, 1.165) is 12.8 Å². The molecule has 2 aromatic carbocycles. The summed E-state index contributed by atoms with van der Waals surface area (Å²) in [4.78, 5) is 0. The third-order valence-corrected chi connectivity index (χ3v) is 12.9. The average Bonchev–Trinajstić information content (AvgIpc) is 3.04. The zero-order chi connectivity index (χ0) is 20.6. The van der Waals surface area contributed by atoms with Crippen molar-refractivity contribution in [1.82, 2.24) is 0 Å². The van der Waals surface area contributed by atoms with Crippen molar-refractivity contribution in [3.8, 4) is 0 Å². The van der Waals surface area contributed by atoms with Gasteiger partial charge in [0.2, 0.25) is 0 Å². The van der Waals surface area contributed by atoms with E-state index < -0.39 is 8.32 Å². The van der Waals surface area contributed by atoms with Crippen LogP contribution in [-0.4, -0.2) is 14.4 Å². The molecule has 1 fully saturated rings. The minimum Gasteiger partial charge on any atom is -0.409 e. The predicted molar refractivity (Wildman–Crippen MR) is 126 cm³/mol. The molecular formula is C27H34OSi. The van der Waals surface area contributed by atoms with E-state index in [1.54, 1.807) is 0 Å². The summed E-state index contributed by atoms with van der Waals surface area (Å²) in [6, 6.07) is 23.0. The molecule has 29 heavy (non-hydrogen) atoms. The average molecular weight is 403 g/mol. The van der Waals surface area contributed by atoms with Gasteiger partial charge in [-0.25, -0.2) is 0 Å². The quantitative estimate of drug-likeness (QED) is 0.473. The van der Waals surface area contributed by atoms with Crippen LogP contribution in [0, 0.1) is 5.92 Å². The van der Waals surface area contributed by atoms with Crippen LogP contribution in [0.5, 0.6) is 0 Å². The van der Waals surface area contributed by atoms with Crippen molar-refractivity contribution in [2.75, 3.05) is 0 Å². The summed E-state index contributed by atoms with van der Waals surface area (Å²) >= 11 is 0. The molecule has 0 aromatic heterocycles. The standard InChI is InChI=1S/C27H34OSi/c1-19(2)29(20(3)4)18-24-16-21(5)26(23-14-10-7-11-15-23)27(24)25(28-29)17-22-12-8-6-9-13-22/h6-15,19-20,24-25H,5,16-18H2,1-4H3. The third kappa shape index (κ3) is 3.69. The fraction of sp³-hybridized carbons (Fsp3) is 0.407. The molecule has 0 N–H and O–H groups in total. The van der Waals surface area contributed by atoms with Crippen LogP contribution in [0.1, 0.15) is 45.2 Å². The molecule has 0 bridgehead atoms. The summed E-state index contributed by atoms with van der Waals surface area (Å²) in [5.41, 5.74) is 8.12. The van der Waals surface area contributed by atoms with Gasteiger partial charge in [-0.3, -0.25) is 0 Å². The van der Waals surface area contributed by atoms with Crippen LogP contribution >= 0.6 is 0 Å². The van der Waals surface area contributed by atoms with Gasteiger partial charge in [0, 0.05) is 6.42 Å². The van der Waals surface area contributed by atoms with Gasteiger partial charge in [-0.1, -0.05) is 94.9 Å². The van der Waals surface area contributed by atoms with Crippen LogP contribution in [0.15, 0.2) is 78.4 Å². The van der Waals surface area contributed by atoms with E-state index in [1.807, 2.05) is 0 Å². The van der Waals surface area contributed by atoms with E-state index in [1.165, 1.54) is 33.9 Å². The van der Waals surface area contributed by atoms with E-state index in [0.29, 0.717) is 17.0 Å². The van der Waals surface area contributed by atoms with Crippen LogP contribution in [0.4, 0.5) is 0 Å². The minimum absolute atomic E-state index is 0.169. The lowest BCUT2D eigenvalue weighted by molar-refractivity contribution is 0.178. The first kappa shape index (κ1) is 20.4. The van der Waals surface area contributed by atoms with Crippen LogP contribution in [0.3, 0.4) is 0 Å². The Bertz CT molecular complexity index is 887. The Morgan fingerprint density at radius 2 is 1.52 bits per heavy atom. The fourth-order valence-electron chi connectivity index (χ4n) is 5.65. The van der Waals surface area contributed by atoms with Crippen molar-refractivity contribution in [1.29, 1.82) is 0 Å². The second kappa shape index (κ2) is 8.08. The van der Waals surface area contributed by atoms with Crippen molar-refractivity contribution in [3.05, 3.63) is 89.5 Å². The van der Waals surface area contributed by atoms with Crippen LogP contribution < -0.4 is 0 Å². The zero-order valence-electron chi connectivity index (χ0n) is 18.3. The molecule has 1 aliphatic carbocycles. The Morgan fingerprint density at radius 1 is 0.931 bits per heavy atom. The molecule has 1 aliphatic heterocycles. The Balaban J connectivity index is 1.83. The van der Waals surface area contributed by atoms with Gasteiger partial charge in [0.1, 0.15) is 0 Å². The lowest BCUT2D eigenvalue weighted by Gasteiger charge is -2.48. The van der Waals surface area contributed by atoms with Crippen molar-refractivity contribution >= 4 is 13.9 Å². The van der Waals surface area contributed by atoms with Crippen LogP contribution in [0.25, 0.3) is 5.57 Å². The molecule has 4 rings (SSSR count). The van der Waals surface area contributed by atoms with E-state index in [2.05, 4.69) is 94.9 Å². The Morgan fingerprint density at radius 3 is 2.10 bits per heavy atom. The molecule has 2 unspecified atom stereocenters. The molecule has 1 heterocycles. The van der Waals surface area contributed by atoms with Gasteiger partial charge in [-0.15, -0.1) is 0 Å². The number of fused-ring (bicyclic) bond motifs is 1. The number of benzene rings is 2. The van der Waals surface area contributed by atoms with E-state index >= 15 is 0 Å². The second-order valence-corrected chi connectivity index (χ2v) is 14.3. The van der Waals surface area contributed by atoms with Crippen LogP contribution in [0.2, 0.25) is 17.1 Å². The van der Waals surface area contributed by atoms with Gasteiger partial charge in [-0.2, -0.15) is 0 Å². The maximum Gasteiger partial charge on any atom is 0.199 e. The molecule has 152 valence electrons. The topological polar surface area (TPSA) is 9.23 Å². The van der Waals surface area contributed by atoms with Gasteiger partial charge in [0.05, 0.1) is 6.10 Å². The largest absolute Gasteiger partial charge is 0.409 e. The lowest BCUT2D eigenvalue weighted by Crippen LogP contribution is -2.53. The van der Waals surface area contributed by atoms with Crippen molar-refractivity contribution in [2.45, 2.75) is 63.8 Å². The normalized spacial score (nSPS) is 23.7. The van der Waals surface area contributed by atoms with Gasteiger partial charge < -0.3 is 4.43 Å². The summed E-state index contributed by atoms with van der Waals surface area (Å²) in [6.07, 6.45) is 2.23. The highest BCUT2D eigenvalue weighted by atomic mass is 28.4. The Kier molecular flexibility index (Phi) is 5.68. The minimum atomic E-state index is -1.88. The zero-order valence-corrected chi connectivity index (χ0v) is 19.3. The summed E-state index contributed by atoms with van der Waals surface area (Å²) in [6.45, 7) is 14.1. The first-order valence-electron chi connectivity index (χ1n) is 11.1. The third-order valence-electron chi connectivity index (χ3n) is 7.13. The highest BCUT2D eigenvalue weighted by Crippen LogP contribution is 2.55. The molecule has 2 heteroatoms. The maximum atomic E-state index is 7.25. The van der Waals surface area contributed by atoms with Gasteiger partial charge >= 0.3 is 0 Å². The Hall–Kier alpha value is -1.90. The van der Waals surface area contributed by atoms with E-state index in [4.69, 9.17) is 4.43 Å². The van der Waals surface area contributed by atoms with E-state index in [-0.39, 0.29) is 6.10 Å². The number of allylic oxidation sites excluding steroid dienone is 2. The van der Waals surface area contributed by atoms with Gasteiger partial charge in [0.25, 0.3) is 0 Å². The highest BCUT2D eigenvalue weighted by molar-refractivity contribution is 6.76.